The van der Waals surface area contributed by atoms with E-state index >= 15 is 0 Å². The summed E-state index contributed by atoms with van der Waals surface area (Å²) in [4.78, 5) is 22.7. The summed E-state index contributed by atoms with van der Waals surface area (Å²) in [7, 11) is 0. The Hall–Kier alpha value is -2.51. The number of hydroxylamine groups is 1. The molecule has 1 amide bonds. The first-order valence-corrected chi connectivity index (χ1v) is 9.66. The molecule has 0 saturated heterocycles. The second kappa shape index (κ2) is 9.43. The van der Waals surface area contributed by atoms with Gasteiger partial charge in [0, 0.05) is 11.1 Å². The number of aromatic nitrogens is 1. The number of nitrogens with one attached hydrogen (secondary N) is 2. The maximum Gasteiger partial charge on any atom is 0.278 e. The Morgan fingerprint density at radius 1 is 1.22 bits per heavy atom. The molecule has 2 N–H and O–H groups in total. The van der Waals surface area contributed by atoms with Crippen molar-refractivity contribution in [3.63, 3.8) is 0 Å². The number of halogens is 1. The summed E-state index contributed by atoms with van der Waals surface area (Å²) in [6.07, 6.45) is 0. The summed E-state index contributed by atoms with van der Waals surface area (Å²) in [5.41, 5.74) is 4.76. The Bertz CT molecular complexity index is 940. The van der Waals surface area contributed by atoms with Crippen molar-refractivity contribution < 1.29 is 14.0 Å². The Labute approximate surface area is 162 Å². The summed E-state index contributed by atoms with van der Waals surface area (Å²) in [6.45, 7) is 9.82. The molecule has 0 unspecified atom stereocenters. The zero-order chi connectivity index (χ0) is 20.0. The molecule has 3 aromatic rings. The molecule has 0 spiro atoms. The maximum atomic E-state index is 14.2. The van der Waals surface area contributed by atoms with E-state index in [0.29, 0.717) is 33.1 Å². The van der Waals surface area contributed by atoms with Crippen LogP contribution in [0, 0.1) is 19.7 Å². The molecule has 27 heavy (non-hydrogen) atoms. The molecule has 0 aliphatic carbocycles. The monoisotopic (exact) mass is 389 g/mol. The standard InChI is InChI=1S/C18H18FN3O2S.C2H6/c1-4-24-22-16(23)15-12-7-6-11(3)20-17(12)25-18(15)21-14-8-5-10(2)9-13(14)19;1-2/h5-9,21H,4H2,1-3H3,(H,22,23);1-2H3. The second-order valence-electron chi connectivity index (χ2n) is 5.58. The molecule has 0 fully saturated rings. The smallest absolute Gasteiger partial charge is 0.278 e. The molecule has 0 atom stereocenters. The number of hydrogen-bond donors (Lipinski definition) is 2. The number of carbonyl (C=O) groups is 1. The van der Waals surface area contributed by atoms with Crippen LogP contribution in [0.3, 0.4) is 0 Å². The summed E-state index contributed by atoms with van der Waals surface area (Å²) in [5.74, 6) is -0.772. The molecule has 0 saturated carbocycles. The van der Waals surface area contributed by atoms with Crippen LogP contribution in [0.15, 0.2) is 30.3 Å². The molecule has 1 aromatic carbocycles. The normalized spacial score (nSPS) is 10.3. The Balaban J connectivity index is 0.00000126. The van der Waals surface area contributed by atoms with E-state index in [1.165, 1.54) is 17.4 Å². The SMILES string of the molecule is CC.CCONC(=O)c1c(Nc2ccc(C)cc2F)sc2nc(C)ccc12. The average molecular weight is 389 g/mol. The Kier molecular flexibility index (Phi) is 7.27. The van der Waals surface area contributed by atoms with Crippen LogP contribution >= 0.6 is 11.3 Å². The predicted octanol–water partition coefficient (Wildman–Crippen LogP) is 5.50. The van der Waals surface area contributed by atoms with E-state index in [4.69, 9.17) is 4.84 Å². The van der Waals surface area contributed by atoms with Gasteiger partial charge in [-0.1, -0.05) is 31.3 Å². The number of carbonyl (C=O) groups excluding carboxylic acids is 1. The predicted molar refractivity (Wildman–Crippen MR) is 109 cm³/mol. The van der Waals surface area contributed by atoms with E-state index in [2.05, 4.69) is 15.8 Å². The van der Waals surface area contributed by atoms with Gasteiger partial charge in [-0.05, 0) is 50.6 Å². The fourth-order valence-electron chi connectivity index (χ4n) is 2.42. The van der Waals surface area contributed by atoms with Crippen LogP contribution in [0.4, 0.5) is 15.1 Å². The highest BCUT2D eigenvalue weighted by molar-refractivity contribution is 7.23. The number of fused-ring (bicyclic) bond motifs is 1. The summed E-state index contributed by atoms with van der Waals surface area (Å²) >= 11 is 1.30. The van der Waals surface area contributed by atoms with Crippen molar-refractivity contribution in [2.24, 2.45) is 0 Å². The molecule has 5 nitrogen and oxygen atoms in total. The quantitative estimate of drug-likeness (QED) is 0.565. The van der Waals surface area contributed by atoms with Gasteiger partial charge in [-0.15, -0.1) is 0 Å². The van der Waals surface area contributed by atoms with Gasteiger partial charge in [-0.3, -0.25) is 9.63 Å². The number of amides is 1. The number of thiophene rings is 1. The number of hydrogen-bond acceptors (Lipinski definition) is 5. The number of benzene rings is 1. The molecule has 0 radical (unpaired) electrons. The van der Waals surface area contributed by atoms with Crippen molar-refractivity contribution in [3.8, 4) is 0 Å². The van der Waals surface area contributed by atoms with E-state index in [9.17, 15) is 9.18 Å². The number of aryl methyl sites for hydroxylation is 2. The van der Waals surface area contributed by atoms with Gasteiger partial charge in [0.2, 0.25) is 0 Å². The third-order valence-electron chi connectivity index (χ3n) is 3.60. The van der Waals surface area contributed by atoms with Gasteiger partial charge in [0.25, 0.3) is 5.91 Å². The highest BCUT2D eigenvalue weighted by Gasteiger charge is 2.21. The van der Waals surface area contributed by atoms with Crippen LogP contribution in [0.25, 0.3) is 10.2 Å². The summed E-state index contributed by atoms with van der Waals surface area (Å²) in [6, 6.07) is 8.57. The third kappa shape index (κ3) is 4.81. The highest BCUT2D eigenvalue weighted by Crippen LogP contribution is 2.37. The minimum Gasteiger partial charge on any atom is -0.344 e. The first-order valence-electron chi connectivity index (χ1n) is 8.85. The Morgan fingerprint density at radius 3 is 2.63 bits per heavy atom. The fraction of sp³-hybridized carbons (Fsp3) is 0.300. The number of anilines is 2. The van der Waals surface area contributed by atoms with E-state index in [0.717, 1.165) is 11.3 Å². The minimum atomic E-state index is -0.395. The van der Waals surface area contributed by atoms with Crippen LogP contribution in [0.2, 0.25) is 0 Å². The van der Waals surface area contributed by atoms with E-state index < -0.39 is 5.91 Å². The van der Waals surface area contributed by atoms with Crippen molar-refractivity contribution in [1.29, 1.82) is 0 Å². The lowest BCUT2D eigenvalue weighted by atomic mass is 10.1. The molecule has 7 heteroatoms. The maximum absolute atomic E-state index is 14.2. The van der Waals surface area contributed by atoms with Crippen LogP contribution in [0.1, 0.15) is 42.4 Å². The molecule has 144 valence electrons. The largest absolute Gasteiger partial charge is 0.344 e. The van der Waals surface area contributed by atoms with Crippen molar-refractivity contribution in [2.45, 2.75) is 34.6 Å². The number of rotatable bonds is 5. The first-order chi connectivity index (χ1) is 13.0. The zero-order valence-electron chi connectivity index (χ0n) is 16.1. The second-order valence-corrected chi connectivity index (χ2v) is 6.58. The number of pyridine rings is 1. The highest BCUT2D eigenvalue weighted by atomic mass is 32.1. The molecule has 0 aliphatic rings. The average Bonchev–Trinajstić information content (AvgIpc) is 3.00. The van der Waals surface area contributed by atoms with E-state index in [-0.39, 0.29) is 5.82 Å². The molecular weight excluding hydrogens is 365 g/mol. The summed E-state index contributed by atoms with van der Waals surface area (Å²) in [5, 5.41) is 4.24. The van der Waals surface area contributed by atoms with Gasteiger partial charge < -0.3 is 5.32 Å². The lowest BCUT2D eigenvalue weighted by Crippen LogP contribution is -2.24. The van der Waals surface area contributed by atoms with Crippen LogP contribution in [-0.4, -0.2) is 17.5 Å². The molecular formula is C20H24FN3O2S. The molecule has 2 heterocycles. The fourth-order valence-corrected chi connectivity index (χ4v) is 3.55. The van der Waals surface area contributed by atoms with Crippen LogP contribution < -0.4 is 10.8 Å². The number of nitrogens with zero attached hydrogens (tertiary/aromatic N) is 1. The Morgan fingerprint density at radius 2 is 1.96 bits per heavy atom. The van der Waals surface area contributed by atoms with E-state index in [1.807, 2.05) is 39.8 Å². The molecule has 0 aliphatic heterocycles. The molecule has 0 bridgehead atoms. The van der Waals surface area contributed by atoms with Gasteiger partial charge in [0.15, 0.2) is 0 Å². The third-order valence-corrected chi connectivity index (χ3v) is 4.62. The van der Waals surface area contributed by atoms with Crippen molar-refractivity contribution in [2.75, 3.05) is 11.9 Å². The van der Waals surface area contributed by atoms with Gasteiger partial charge in [-0.2, -0.15) is 0 Å². The van der Waals surface area contributed by atoms with Gasteiger partial charge in [0.05, 0.1) is 17.9 Å². The summed E-state index contributed by atoms with van der Waals surface area (Å²) < 4.78 is 14.2. The van der Waals surface area contributed by atoms with E-state index in [1.54, 1.807) is 19.1 Å². The van der Waals surface area contributed by atoms with Crippen molar-refractivity contribution in [1.82, 2.24) is 10.5 Å². The van der Waals surface area contributed by atoms with Crippen LogP contribution in [-0.2, 0) is 4.84 Å². The lowest BCUT2D eigenvalue weighted by Gasteiger charge is -2.09. The molecule has 3 rings (SSSR count). The van der Waals surface area contributed by atoms with Gasteiger partial charge >= 0.3 is 0 Å². The zero-order valence-corrected chi connectivity index (χ0v) is 17.0. The first kappa shape index (κ1) is 20.8. The van der Waals surface area contributed by atoms with Crippen LogP contribution in [0.5, 0.6) is 0 Å². The van der Waals surface area contributed by atoms with Crippen molar-refractivity contribution in [3.05, 3.63) is 53.0 Å². The minimum absolute atomic E-state index is 0.305. The molecule has 2 aromatic heterocycles. The van der Waals surface area contributed by atoms with Gasteiger partial charge in [0.1, 0.15) is 15.6 Å². The lowest BCUT2D eigenvalue weighted by molar-refractivity contribution is 0.0367. The van der Waals surface area contributed by atoms with Gasteiger partial charge in [-0.25, -0.2) is 14.9 Å². The van der Waals surface area contributed by atoms with Crippen molar-refractivity contribution >= 4 is 38.1 Å². The topological polar surface area (TPSA) is 63.2 Å².